The fraction of sp³-hybridized carbons (Fsp3) is 0.786. The summed E-state index contributed by atoms with van der Waals surface area (Å²) in [4.78, 5) is 11.5. The first-order valence-electron chi connectivity index (χ1n) is 6.26. The van der Waals surface area contributed by atoms with Crippen molar-refractivity contribution in [3.8, 4) is 0 Å². The molecule has 1 fully saturated rings. The second-order valence-electron chi connectivity index (χ2n) is 5.95. The van der Waals surface area contributed by atoms with E-state index in [-0.39, 0.29) is 11.5 Å². The van der Waals surface area contributed by atoms with Gasteiger partial charge in [0.15, 0.2) is 0 Å². The van der Waals surface area contributed by atoms with Gasteiger partial charge >= 0.3 is 0 Å². The van der Waals surface area contributed by atoms with E-state index in [2.05, 4.69) is 32.9 Å². The molecular formula is C14H22O2. The molecule has 4 atom stereocenters. The van der Waals surface area contributed by atoms with Gasteiger partial charge in [0.1, 0.15) is 5.78 Å². The van der Waals surface area contributed by atoms with Crippen LogP contribution in [-0.2, 0) is 9.53 Å². The zero-order valence-electron chi connectivity index (χ0n) is 10.7. The predicted molar refractivity (Wildman–Crippen MR) is 64.2 cm³/mol. The highest BCUT2D eigenvalue weighted by Gasteiger charge is 2.40. The molecule has 2 rings (SSSR count). The molecule has 2 aliphatic rings. The van der Waals surface area contributed by atoms with Crippen molar-refractivity contribution in [3.63, 3.8) is 0 Å². The molecule has 1 saturated carbocycles. The van der Waals surface area contributed by atoms with Crippen LogP contribution in [0.25, 0.3) is 0 Å². The summed E-state index contributed by atoms with van der Waals surface area (Å²) in [5, 5.41) is 0. The van der Waals surface area contributed by atoms with E-state index in [9.17, 15) is 4.79 Å². The van der Waals surface area contributed by atoms with Gasteiger partial charge in [0.05, 0.1) is 11.7 Å². The van der Waals surface area contributed by atoms with Crippen molar-refractivity contribution in [1.29, 1.82) is 0 Å². The minimum Gasteiger partial charge on any atom is -0.368 e. The zero-order valence-corrected chi connectivity index (χ0v) is 10.7. The summed E-state index contributed by atoms with van der Waals surface area (Å²) < 4.78 is 6.08. The molecule has 1 aliphatic heterocycles. The molecule has 90 valence electrons. The third kappa shape index (κ3) is 2.22. The fourth-order valence-electron chi connectivity index (χ4n) is 3.07. The van der Waals surface area contributed by atoms with E-state index in [1.807, 2.05) is 0 Å². The number of rotatable bonds is 1. The van der Waals surface area contributed by atoms with E-state index in [0.29, 0.717) is 23.7 Å². The van der Waals surface area contributed by atoms with Crippen LogP contribution >= 0.6 is 0 Å². The number of Topliss-reactive ketones (excluding diaryl/α,β-unsaturated/α-hetero) is 1. The van der Waals surface area contributed by atoms with Gasteiger partial charge in [-0.25, -0.2) is 0 Å². The number of hydrogen-bond donors (Lipinski definition) is 0. The average Bonchev–Trinajstić information content (AvgIpc) is 2.14. The molecule has 4 unspecified atom stereocenters. The minimum absolute atomic E-state index is 0.135. The zero-order chi connectivity index (χ0) is 11.9. The summed E-state index contributed by atoms with van der Waals surface area (Å²) in [5.74, 6) is 1.47. The van der Waals surface area contributed by atoms with Crippen LogP contribution < -0.4 is 0 Å². The SMILES string of the molecule is CC(=O)C1CC2C=CC(C)(C)OC2CC1C. The molecule has 0 bridgehead atoms. The smallest absolute Gasteiger partial charge is 0.133 e. The Kier molecular flexibility index (Phi) is 2.95. The Bertz CT molecular complexity index is 317. The van der Waals surface area contributed by atoms with Crippen LogP contribution in [0.3, 0.4) is 0 Å². The van der Waals surface area contributed by atoms with Crippen molar-refractivity contribution in [2.45, 2.75) is 52.2 Å². The maximum Gasteiger partial charge on any atom is 0.133 e. The first-order valence-corrected chi connectivity index (χ1v) is 6.26. The summed E-state index contributed by atoms with van der Waals surface area (Å²) >= 11 is 0. The minimum atomic E-state index is -0.135. The van der Waals surface area contributed by atoms with Gasteiger partial charge in [-0.3, -0.25) is 4.79 Å². The molecule has 1 aliphatic carbocycles. The Morgan fingerprint density at radius 3 is 2.69 bits per heavy atom. The van der Waals surface area contributed by atoms with Gasteiger partial charge in [-0.1, -0.05) is 19.1 Å². The van der Waals surface area contributed by atoms with Crippen molar-refractivity contribution in [2.24, 2.45) is 17.8 Å². The molecule has 16 heavy (non-hydrogen) atoms. The summed E-state index contributed by atoms with van der Waals surface area (Å²) in [7, 11) is 0. The van der Waals surface area contributed by atoms with Crippen LogP contribution in [0, 0.1) is 17.8 Å². The molecule has 1 heterocycles. The number of fused-ring (bicyclic) bond motifs is 1. The van der Waals surface area contributed by atoms with E-state index in [1.54, 1.807) is 6.92 Å². The average molecular weight is 222 g/mol. The molecule has 0 saturated heterocycles. The maximum absolute atomic E-state index is 11.5. The number of ketones is 1. The second kappa shape index (κ2) is 3.99. The van der Waals surface area contributed by atoms with Crippen LogP contribution in [0.4, 0.5) is 0 Å². The number of hydrogen-bond acceptors (Lipinski definition) is 2. The fourth-order valence-corrected chi connectivity index (χ4v) is 3.07. The number of ether oxygens (including phenoxy) is 1. The van der Waals surface area contributed by atoms with E-state index < -0.39 is 0 Å². The summed E-state index contributed by atoms with van der Waals surface area (Å²) in [6, 6.07) is 0. The van der Waals surface area contributed by atoms with E-state index in [1.165, 1.54) is 0 Å². The van der Waals surface area contributed by atoms with Crippen molar-refractivity contribution in [2.75, 3.05) is 0 Å². The van der Waals surface area contributed by atoms with Gasteiger partial charge in [0.2, 0.25) is 0 Å². The molecule has 0 N–H and O–H groups in total. The van der Waals surface area contributed by atoms with Crippen LogP contribution in [0.5, 0.6) is 0 Å². The summed E-state index contributed by atoms with van der Waals surface area (Å²) in [6.07, 6.45) is 6.69. The van der Waals surface area contributed by atoms with Crippen LogP contribution in [-0.4, -0.2) is 17.5 Å². The van der Waals surface area contributed by atoms with Crippen molar-refractivity contribution >= 4 is 5.78 Å². The number of carbonyl (C=O) groups is 1. The highest BCUT2D eigenvalue weighted by molar-refractivity contribution is 5.78. The van der Waals surface area contributed by atoms with Gasteiger partial charge < -0.3 is 4.74 Å². The van der Waals surface area contributed by atoms with E-state index in [0.717, 1.165) is 12.8 Å². The first-order chi connectivity index (χ1) is 7.39. The Hall–Kier alpha value is -0.630. The lowest BCUT2D eigenvalue weighted by Crippen LogP contribution is -2.44. The van der Waals surface area contributed by atoms with Crippen molar-refractivity contribution in [3.05, 3.63) is 12.2 Å². The molecule has 0 spiro atoms. The first kappa shape index (κ1) is 11.8. The summed E-state index contributed by atoms with van der Waals surface area (Å²) in [6.45, 7) is 8.10. The molecule has 0 aromatic rings. The van der Waals surface area contributed by atoms with Gasteiger partial charge in [0, 0.05) is 11.8 Å². The van der Waals surface area contributed by atoms with E-state index in [4.69, 9.17) is 4.74 Å². The summed E-state index contributed by atoms with van der Waals surface area (Å²) in [5.41, 5.74) is -0.135. The predicted octanol–water partition coefficient (Wildman–Crippen LogP) is 2.97. The molecule has 0 aromatic heterocycles. The Labute approximate surface area is 98.1 Å². The number of carbonyl (C=O) groups excluding carboxylic acids is 1. The molecular weight excluding hydrogens is 200 g/mol. The largest absolute Gasteiger partial charge is 0.368 e. The van der Waals surface area contributed by atoms with Crippen molar-refractivity contribution in [1.82, 2.24) is 0 Å². The standard InChI is InChI=1S/C14H22O2/c1-9-7-13-11(8-12(9)10(2)15)5-6-14(3,4)16-13/h5-6,9,11-13H,7-8H2,1-4H3. The Morgan fingerprint density at radius 1 is 1.38 bits per heavy atom. The highest BCUT2D eigenvalue weighted by Crippen LogP contribution is 2.41. The van der Waals surface area contributed by atoms with Crippen LogP contribution in [0.2, 0.25) is 0 Å². The topological polar surface area (TPSA) is 26.3 Å². The third-order valence-corrected chi connectivity index (χ3v) is 4.02. The Morgan fingerprint density at radius 2 is 2.06 bits per heavy atom. The van der Waals surface area contributed by atoms with Crippen LogP contribution in [0.1, 0.15) is 40.5 Å². The third-order valence-electron chi connectivity index (χ3n) is 4.02. The quantitative estimate of drug-likeness (QED) is 0.638. The Balaban J connectivity index is 2.14. The second-order valence-corrected chi connectivity index (χ2v) is 5.95. The van der Waals surface area contributed by atoms with Crippen LogP contribution in [0.15, 0.2) is 12.2 Å². The molecule has 0 amide bonds. The highest BCUT2D eigenvalue weighted by atomic mass is 16.5. The molecule has 2 heteroatoms. The normalized spacial score (nSPS) is 41.5. The molecule has 0 radical (unpaired) electrons. The van der Waals surface area contributed by atoms with Crippen molar-refractivity contribution < 1.29 is 9.53 Å². The van der Waals surface area contributed by atoms with Gasteiger partial charge in [-0.2, -0.15) is 0 Å². The van der Waals surface area contributed by atoms with Gasteiger partial charge in [-0.15, -0.1) is 0 Å². The van der Waals surface area contributed by atoms with Gasteiger partial charge in [0.25, 0.3) is 0 Å². The van der Waals surface area contributed by atoms with E-state index >= 15 is 0 Å². The lowest BCUT2D eigenvalue weighted by molar-refractivity contribution is -0.131. The monoisotopic (exact) mass is 222 g/mol. The maximum atomic E-state index is 11.5. The molecule has 2 nitrogen and oxygen atoms in total. The van der Waals surface area contributed by atoms with Gasteiger partial charge in [-0.05, 0) is 39.5 Å². The lowest BCUT2D eigenvalue weighted by Gasteiger charge is -2.44. The molecule has 0 aromatic carbocycles. The lowest BCUT2D eigenvalue weighted by atomic mass is 9.70.